The lowest BCUT2D eigenvalue weighted by molar-refractivity contribution is -0.140. The van der Waals surface area contributed by atoms with E-state index in [4.69, 9.17) is 9.47 Å². The van der Waals surface area contributed by atoms with Gasteiger partial charge in [0, 0.05) is 13.1 Å². The van der Waals surface area contributed by atoms with Crippen molar-refractivity contribution < 1.29 is 22.6 Å². The van der Waals surface area contributed by atoms with E-state index in [1.54, 1.807) is 0 Å². The minimum Gasteiger partial charge on any atom is -0.497 e. The monoisotopic (exact) mass is 427 g/mol. The molecule has 4 rings (SSSR count). The van der Waals surface area contributed by atoms with Crippen molar-refractivity contribution in [2.75, 3.05) is 20.2 Å². The number of nitrogens with zero attached hydrogens (tertiary/aromatic N) is 1. The summed E-state index contributed by atoms with van der Waals surface area (Å²) >= 11 is 0. The predicted octanol–water partition coefficient (Wildman–Crippen LogP) is 5.70. The second kappa shape index (κ2) is 9.12. The van der Waals surface area contributed by atoms with E-state index < -0.39 is 11.7 Å². The zero-order valence-corrected chi connectivity index (χ0v) is 17.2. The number of methoxy groups -OCH3 is 1. The largest absolute Gasteiger partial charge is 0.497 e. The number of ether oxygens (including phenoxy) is 2. The fourth-order valence-electron chi connectivity index (χ4n) is 3.95. The maximum Gasteiger partial charge on any atom is 0.416 e. The minimum atomic E-state index is -4.45. The van der Waals surface area contributed by atoms with Crippen LogP contribution in [0, 0.1) is 0 Å². The number of hydrogen-bond donors (Lipinski definition) is 0. The Labute approximate surface area is 180 Å². The third-order valence-electron chi connectivity index (χ3n) is 5.57. The molecule has 0 saturated carbocycles. The second-order valence-electron chi connectivity index (χ2n) is 7.63. The molecule has 0 spiro atoms. The van der Waals surface area contributed by atoms with Gasteiger partial charge >= 0.3 is 6.18 Å². The molecule has 1 aliphatic rings. The van der Waals surface area contributed by atoms with Crippen LogP contribution in [-0.2, 0) is 17.5 Å². The molecule has 31 heavy (non-hydrogen) atoms. The third-order valence-corrected chi connectivity index (χ3v) is 5.57. The summed E-state index contributed by atoms with van der Waals surface area (Å²) in [5.74, 6) is 0.180. The number of alkyl halides is 3. The molecule has 0 unspecified atom stereocenters. The highest BCUT2D eigenvalue weighted by atomic mass is 19.4. The molecule has 0 atom stereocenters. The van der Waals surface area contributed by atoms with Crippen LogP contribution in [0.1, 0.15) is 28.3 Å². The van der Waals surface area contributed by atoms with Crippen molar-refractivity contribution in [1.82, 2.24) is 4.90 Å². The van der Waals surface area contributed by atoms with Gasteiger partial charge in [0.15, 0.2) is 0 Å². The molecule has 162 valence electrons. The third kappa shape index (κ3) is 4.92. The van der Waals surface area contributed by atoms with Crippen molar-refractivity contribution >= 4 is 0 Å². The van der Waals surface area contributed by atoms with Gasteiger partial charge in [-0.15, -0.1) is 0 Å². The summed E-state index contributed by atoms with van der Waals surface area (Å²) in [5, 5.41) is 0. The number of likely N-dealkylation sites (tertiary alicyclic amines) is 1. The van der Waals surface area contributed by atoms with Crippen LogP contribution < -0.4 is 4.74 Å². The zero-order chi connectivity index (χ0) is 21.8. The number of rotatable bonds is 7. The van der Waals surface area contributed by atoms with Crippen molar-refractivity contribution in [1.29, 1.82) is 0 Å². The molecular formula is C25H24F3NO2. The van der Waals surface area contributed by atoms with Gasteiger partial charge in [0.1, 0.15) is 5.75 Å². The van der Waals surface area contributed by atoms with Crippen LogP contribution in [0.5, 0.6) is 5.75 Å². The summed E-state index contributed by atoms with van der Waals surface area (Å²) < 4.78 is 51.0. The molecule has 1 aliphatic heterocycles. The van der Waals surface area contributed by atoms with Crippen LogP contribution in [0.4, 0.5) is 13.2 Å². The lowest BCUT2D eigenvalue weighted by Gasteiger charge is -2.44. The molecule has 0 radical (unpaired) electrons. The van der Waals surface area contributed by atoms with E-state index in [0.29, 0.717) is 13.1 Å². The van der Waals surface area contributed by atoms with E-state index in [-0.39, 0.29) is 30.1 Å². The smallest absolute Gasteiger partial charge is 0.416 e. The Morgan fingerprint density at radius 3 is 2.00 bits per heavy atom. The van der Waals surface area contributed by atoms with E-state index in [0.717, 1.165) is 6.07 Å². The zero-order valence-electron chi connectivity index (χ0n) is 17.2. The summed E-state index contributed by atoms with van der Waals surface area (Å²) in [6.45, 7) is 1.23. The Morgan fingerprint density at radius 2 is 1.48 bits per heavy atom. The number of hydrogen-bond acceptors (Lipinski definition) is 3. The molecule has 3 aromatic carbocycles. The van der Waals surface area contributed by atoms with E-state index in [1.807, 2.05) is 36.4 Å². The Balaban J connectivity index is 1.43. The Morgan fingerprint density at radius 1 is 0.903 bits per heavy atom. The first kappa shape index (κ1) is 21.4. The molecule has 0 aromatic heterocycles. The van der Waals surface area contributed by atoms with Crippen molar-refractivity contribution in [2.24, 2.45) is 0 Å². The first-order chi connectivity index (χ1) is 15.0. The van der Waals surface area contributed by atoms with Gasteiger partial charge in [-0.05, 0) is 28.8 Å². The SMILES string of the molecule is COc1ccc(COC2CN(C(c3ccccc3)c3ccccc3)C2)c(C(F)(F)F)c1. The average Bonchev–Trinajstić information content (AvgIpc) is 2.75. The minimum absolute atomic E-state index is 0.0846. The van der Waals surface area contributed by atoms with E-state index in [1.165, 1.54) is 30.4 Å². The molecular weight excluding hydrogens is 403 g/mol. The maximum atomic E-state index is 13.4. The van der Waals surface area contributed by atoms with Gasteiger partial charge in [-0.1, -0.05) is 66.7 Å². The predicted molar refractivity (Wildman–Crippen MR) is 113 cm³/mol. The van der Waals surface area contributed by atoms with Crippen molar-refractivity contribution in [3.8, 4) is 5.75 Å². The highest BCUT2D eigenvalue weighted by Crippen LogP contribution is 2.36. The fourth-order valence-corrected chi connectivity index (χ4v) is 3.95. The molecule has 1 fully saturated rings. The van der Waals surface area contributed by atoms with E-state index in [9.17, 15) is 13.2 Å². The summed E-state index contributed by atoms with van der Waals surface area (Å²) in [7, 11) is 1.35. The summed E-state index contributed by atoms with van der Waals surface area (Å²) in [6, 6.07) is 24.5. The lowest BCUT2D eigenvalue weighted by atomic mass is 9.94. The van der Waals surface area contributed by atoms with Crippen LogP contribution in [-0.4, -0.2) is 31.2 Å². The van der Waals surface area contributed by atoms with Gasteiger partial charge in [0.25, 0.3) is 0 Å². The Kier molecular flexibility index (Phi) is 6.30. The van der Waals surface area contributed by atoms with Gasteiger partial charge in [0.05, 0.1) is 31.4 Å². The van der Waals surface area contributed by atoms with Crippen molar-refractivity contribution in [2.45, 2.75) is 24.9 Å². The summed E-state index contributed by atoms with van der Waals surface area (Å²) in [5.41, 5.74) is 1.77. The molecule has 1 heterocycles. The first-order valence-corrected chi connectivity index (χ1v) is 10.2. The molecule has 0 N–H and O–H groups in total. The molecule has 3 aromatic rings. The van der Waals surface area contributed by atoms with Crippen LogP contribution in [0.3, 0.4) is 0 Å². The fraction of sp³-hybridized carbons (Fsp3) is 0.280. The first-order valence-electron chi connectivity index (χ1n) is 10.2. The average molecular weight is 427 g/mol. The Bertz CT molecular complexity index is 947. The van der Waals surface area contributed by atoms with Gasteiger partial charge in [0.2, 0.25) is 0 Å². The van der Waals surface area contributed by atoms with Crippen LogP contribution in [0.15, 0.2) is 78.9 Å². The van der Waals surface area contributed by atoms with Crippen LogP contribution >= 0.6 is 0 Å². The van der Waals surface area contributed by atoms with Gasteiger partial charge in [-0.3, -0.25) is 4.90 Å². The van der Waals surface area contributed by atoms with Gasteiger partial charge < -0.3 is 9.47 Å². The quantitative estimate of drug-likeness (QED) is 0.483. The van der Waals surface area contributed by atoms with E-state index >= 15 is 0 Å². The lowest BCUT2D eigenvalue weighted by Crippen LogP contribution is -2.53. The summed E-state index contributed by atoms with van der Waals surface area (Å²) in [6.07, 6.45) is -4.57. The molecule has 0 aliphatic carbocycles. The molecule has 1 saturated heterocycles. The van der Waals surface area contributed by atoms with Crippen molar-refractivity contribution in [3.05, 3.63) is 101 Å². The Hall–Kier alpha value is -2.83. The maximum absolute atomic E-state index is 13.4. The van der Waals surface area contributed by atoms with Gasteiger partial charge in [-0.25, -0.2) is 0 Å². The highest BCUT2D eigenvalue weighted by molar-refractivity contribution is 5.37. The van der Waals surface area contributed by atoms with E-state index in [2.05, 4.69) is 29.2 Å². The van der Waals surface area contributed by atoms with Crippen molar-refractivity contribution in [3.63, 3.8) is 0 Å². The number of halogens is 3. The second-order valence-corrected chi connectivity index (χ2v) is 7.63. The number of benzene rings is 3. The summed E-state index contributed by atoms with van der Waals surface area (Å²) in [4.78, 5) is 2.29. The highest BCUT2D eigenvalue weighted by Gasteiger charge is 2.36. The topological polar surface area (TPSA) is 21.7 Å². The molecule has 3 nitrogen and oxygen atoms in total. The van der Waals surface area contributed by atoms with Crippen LogP contribution in [0.25, 0.3) is 0 Å². The molecule has 0 amide bonds. The normalized spacial score (nSPS) is 15.1. The van der Waals surface area contributed by atoms with Gasteiger partial charge in [-0.2, -0.15) is 13.2 Å². The molecule has 6 heteroatoms. The standard InChI is InChI=1S/C25H24F3NO2/c1-30-21-13-12-20(23(14-21)25(26,27)28)17-31-22-15-29(16-22)24(18-8-4-2-5-9-18)19-10-6-3-7-11-19/h2-14,22,24H,15-17H2,1H3. The van der Waals surface area contributed by atoms with Crippen LogP contribution in [0.2, 0.25) is 0 Å². The molecule has 0 bridgehead atoms.